The first-order valence-electron chi connectivity index (χ1n) is 6.91. The van der Waals surface area contributed by atoms with Crippen LogP contribution in [0.3, 0.4) is 0 Å². The number of anilines is 2. The van der Waals surface area contributed by atoms with Crippen molar-refractivity contribution in [3.8, 4) is 0 Å². The number of aromatic nitrogens is 4. The average molecular weight is 260 g/mol. The number of fused-ring (bicyclic) bond motifs is 1. The summed E-state index contributed by atoms with van der Waals surface area (Å²) >= 11 is 0. The van der Waals surface area contributed by atoms with E-state index in [0.29, 0.717) is 12.0 Å². The predicted molar refractivity (Wildman–Crippen MR) is 76.3 cm³/mol. The molecule has 6 nitrogen and oxygen atoms in total. The molecule has 2 aromatic heterocycles. The van der Waals surface area contributed by atoms with Crippen LogP contribution in [0.15, 0.2) is 6.20 Å². The molecule has 2 heterocycles. The highest BCUT2D eigenvalue weighted by Crippen LogP contribution is 2.28. The van der Waals surface area contributed by atoms with E-state index in [1.165, 1.54) is 25.7 Å². The van der Waals surface area contributed by atoms with Crippen LogP contribution in [0.4, 0.5) is 11.8 Å². The highest BCUT2D eigenvalue weighted by atomic mass is 15.2. The zero-order valence-electron chi connectivity index (χ0n) is 11.4. The highest BCUT2D eigenvalue weighted by Gasteiger charge is 2.20. The first kappa shape index (κ1) is 12.2. The van der Waals surface area contributed by atoms with E-state index in [0.717, 1.165) is 22.8 Å². The van der Waals surface area contributed by atoms with E-state index in [9.17, 15) is 0 Å². The van der Waals surface area contributed by atoms with Gasteiger partial charge in [0.05, 0.1) is 11.6 Å². The molecule has 19 heavy (non-hydrogen) atoms. The number of H-pyrrole nitrogens is 1. The van der Waals surface area contributed by atoms with Crippen LogP contribution in [0.25, 0.3) is 11.0 Å². The Labute approximate surface area is 112 Å². The van der Waals surface area contributed by atoms with Crippen molar-refractivity contribution in [2.24, 2.45) is 5.92 Å². The minimum Gasteiger partial charge on any atom is -0.367 e. The zero-order valence-corrected chi connectivity index (χ0v) is 11.4. The van der Waals surface area contributed by atoms with Gasteiger partial charge in [0.25, 0.3) is 0 Å². The Morgan fingerprint density at radius 1 is 1.32 bits per heavy atom. The molecule has 3 rings (SSSR count). The zero-order chi connectivity index (χ0) is 13.2. The van der Waals surface area contributed by atoms with Crippen molar-refractivity contribution >= 4 is 22.8 Å². The Hall–Kier alpha value is -1.85. The van der Waals surface area contributed by atoms with Crippen molar-refractivity contribution in [3.63, 3.8) is 0 Å². The summed E-state index contributed by atoms with van der Waals surface area (Å²) < 4.78 is 0. The fourth-order valence-electron chi connectivity index (χ4n) is 2.82. The average Bonchev–Trinajstić information content (AvgIpc) is 2.87. The lowest BCUT2D eigenvalue weighted by atomic mass is 9.87. The van der Waals surface area contributed by atoms with Crippen molar-refractivity contribution in [1.29, 1.82) is 0 Å². The summed E-state index contributed by atoms with van der Waals surface area (Å²) in [5.41, 5.74) is 0.769. The smallest absolute Gasteiger partial charge is 0.226 e. The molecule has 0 aliphatic heterocycles. The minimum atomic E-state index is 0.501. The molecule has 0 aromatic carbocycles. The van der Waals surface area contributed by atoms with E-state index in [1.807, 2.05) is 7.05 Å². The molecule has 3 N–H and O–H groups in total. The third kappa shape index (κ3) is 2.47. The molecule has 0 spiro atoms. The van der Waals surface area contributed by atoms with Crippen LogP contribution < -0.4 is 10.6 Å². The summed E-state index contributed by atoms with van der Waals surface area (Å²) in [4.78, 5) is 8.86. The van der Waals surface area contributed by atoms with Gasteiger partial charge in [-0.15, -0.1) is 0 Å². The summed E-state index contributed by atoms with van der Waals surface area (Å²) in [6, 6.07) is 0.501. The van der Waals surface area contributed by atoms with Crippen LogP contribution in [-0.2, 0) is 0 Å². The molecular formula is C13H20N6. The maximum atomic E-state index is 4.52. The van der Waals surface area contributed by atoms with E-state index in [1.54, 1.807) is 6.20 Å². The normalized spacial score (nSPS) is 23.5. The lowest BCUT2D eigenvalue weighted by Crippen LogP contribution is -2.26. The van der Waals surface area contributed by atoms with E-state index in [2.05, 4.69) is 37.7 Å². The number of nitrogens with zero attached hydrogens (tertiary/aromatic N) is 3. The summed E-state index contributed by atoms with van der Waals surface area (Å²) in [6.45, 7) is 2.32. The second kappa shape index (κ2) is 5.03. The summed E-state index contributed by atoms with van der Waals surface area (Å²) in [5, 5.41) is 14.5. The van der Waals surface area contributed by atoms with Crippen LogP contribution in [0.1, 0.15) is 32.6 Å². The summed E-state index contributed by atoms with van der Waals surface area (Å²) in [6.07, 6.45) is 6.83. The molecule has 1 aliphatic carbocycles. The molecule has 102 valence electrons. The van der Waals surface area contributed by atoms with Gasteiger partial charge in [-0.1, -0.05) is 19.8 Å². The topological polar surface area (TPSA) is 78.5 Å². The molecule has 0 bridgehead atoms. The van der Waals surface area contributed by atoms with Gasteiger partial charge in [0, 0.05) is 13.1 Å². The standard InChI is InChI=1S/C13H20N6/c1-8-4-3-5-9(6-8)16-11-10-7-15-19-12(10)18-13(14-2)17-11/h7-9H,3-6H2,1-2H3,(H3,14,15,16,17,18,19). The van der Waals surface area contributed by atoms with E-state index < -0.39 is 0 Å². The first-order valence-corrected chi connectivity index (χ1v) is 6.91. The lowest BCUT2D eigenvalue weighted by Gasteiger charge is -2.28. The van der Waals surface area contributed by atoms with Gasteiger partial charge in [-0.25, -0.2) is 0 Å². The van der Waals surface area contributed by atoms with Crippen molar-refractivity contribution < 1.29 is 0 Å². The van der Waals surface area contributed by atoms with Crippen LogP contribution in [-0.4, -0.2) is 33.3 Å². The molecular weight excluding hydrogens is 240 g/mol. The summed E-state index contributed by atoms with van der Waals surface area (Å²) in [7, 11) is 1.82. The van der Waals surface area contributed by atoms with E-state index in [4.69, 9.17) is 0 Å². The van der Waals surface area contributed by atoms with Crippen LogP contribution in [0.5, 0.6) is 0 Å². The molecule has 6 heteroatoms. The Morgan fingerprint density at radius 2 is 2.21 bits per heavy atom. The van der Waals surface area contributed by atoms with Gasteiger partial charge in [0.15, 0.2) is 5.65 Å². The van der Waals surface area contributed by atoms with Crippen LogP contribution >= 0.6 is 0 Å². The minimum absolute atomic E-state index is 0.501. The van der Waals surface area contributed by atoms with Gasteiger partial charge in [0.2, 0.25) is 5.95 Å². The second-order valence-electron chi connectivity index (χ2n) is 5.39. The van der Waals surface area contributed by atoms with Crippen molar-refractivity contribution in [2.75, 3.05) is 17.7 Å². The fraction of sp³-hybridized carbons (Fsp3) is 0.615. The second-order valence-corrected chi connectivity index (χ2v) is 5.39. The Bertz CT molecular complexity index is 563. The van der Waals surface area contributed by atoms with Crippen molar-refractivity contribution in [3.05, 3.63) is 6.20 Å². The molecule has 1 saturated carbocycles. The Morgan fingerprint density at radius 3 is 3.00 bits per heavy atom. The third-order valence-corrected chi connectivity index (χ3v) is 3.81. The predicted octanol–water partition coefficient (Wildman–Crippen LogP) is 2.39. The molecule has 0 saturated heterocycles. The van der Waals surface area contributed by atoms with Gasteiger partial charge in [-0.2, -0.15) is 15.1 Å². The fourth-order valence-corrected chi connectivity index (χ4v) is 2.82. The number of aromatic amines is 1. The lowest BCUT2D eigenvalue weighted by molar-refractivity contribution is 0.358. The number of rotatable bonds is 3. The van der Waals surface area contributed by atoms with Gasteiger partial charge in [-0.3, -0.25) is 5.10 Å². The number of nitrogens with one attached hydrogen (secondary N) is 3. The molecule has 2 unspecified atom stereocenters. The summed E-state index contributed by atoms with van der Waals surface area (Å²) in [5.74, 6) is 2.28. The SMILES string of the molecule is CNc1nc(NC2CCCC(C)C2)c2cn[nH]c2n1. The van der Waals surface area contributed by atoms with Crippen molar-refractivity contribution in [1.82, 2.24) is 20.2 Å². The molecule has 0 radical (unpaired) electrons. The first-order chi connectivity index (χ1) is 9.26. The number of hydrogen-bond acceptors (Lipinski definition) is 5. The van der Waals surface area contributed by atoms with Crippen LogP contribution in [0, 0.1) is 5.92 Å². The Kier molecular flexibility index (Phi) is 3.23. The third-order valence-electron chi connectivity index (χ3n) is 3.81. The molecule has 2 atom stereocenters. The number of hydrogen-bond donors (Lipinski definition) is 3. The molecule has 1 fully saturated rings. The quantitative estimate of drug-likeness (QED) is 0.789. The maximum Gasteiger partial charge on any atom is 0.226 e. The maximum absolute atomic E-state index is 4.52. The Balaban J connectivity index is 1.88. The van der Waals surface area contributed by atoms with Gasteiger partial charge in [0.1, 0.15) is 5.82 Å². The molecule has 2 aromatic rings. The highest BCUT2D eigenvalue weighted by molar-refractivity contribution is 5.87. The van der Waals surface area contributed by atoms with Gasteiger partial charge in [-0.05, 0) is 18.8 Å². The van der Waals surface area contributed by atoms with Gasteiger partial charge < -0.3 is 10.6 Å². The van der Waals surface area contributed by atoms with Crippen LogP contribution in [0.2, 0.25) is 0 Å². The molecule has 0 amide bonds. The largest absolute Gasteiger partial charge is 0.367 e. The van der Waals surface area contributed by atoms with Gasteiger partial charge >= 0.3 is 0 Å². The van der Waals surface area contributed by atoms with Crippen molar-refractivity contribution in [2.45, 2.75) is 38.6 Å². The van der Waals surface area contributed by atoms with E-state index >= 15 is 0 Å². The molecule has 1 aliphatic rings. The van der Waals surface area contributed by atoms with E-state index in [-0.39, 0.29) is 0 Å². The monoisotopic (exact) mass is 260 g/mol.